The molecular weight excluding hydrogens is 382 g/mol. The Kier molecular flexibility index (Phi) is 6.09. The molecule has 2 aromatic heterocycles. The topological polar surface area (TPSA) is 64.1 Å². The van der Waals surface area contributed by atoms with Gasteiger partial charge in [-0.15, -0.1) is 11.3 Å². The second-order valence-corrected chi connectivity index (χ2v) is 8.50. The highest BCUT2D eigenvalue weighted by molar-refractivity contribution is 7.18. The van der Waals surface area contributed by atoms with E-state index in [2.05, 4.69) is 41.3 Å². The number of anilines is 1. The van der Waals surface area contributed by atoms with Gasteiger partial charge in [-0.1, -0.05) is 38.5 Å². The van der Waals surface area contributed by atoms with Gasteiger partial charge in [-0.05, 0) is 55.2 Å². The molecule has 0 spiro atoms. The number of fused-ring (bicyclic) bond motifs is 3. The van der Waals surface area contributed by atoms with E-state index in [9.17, 15) is 4.79 Å². The van der Waals surface area contributed by atoms with Gasteiger partial charge in [0.2, 0.25) is 5.88 Å². The lowest BCUT2D eigenvalue weighted by Crippen LogP contribution is -2.22. The summed E-state index contributed by atoms with van der Waals surface area (Å²) in [5.41, 5.74) is 4.53. The van der Waals surface area contributed by atoms with E-state index < -0.39 is 0 Å². The number of amides is 1. The number of benzene rings is 1. The average molecular weight is 410 g/mol. The third kappa shape index (κ3) is 4.13. The molecule has 1 N–H and O–H groups in total. The lowest BCUT2D eigenvalue weighted by Gasteiger charge is -2.14. The Hall–Kier alpha value is -2.47. The fourth-order valence-corrected chi connectivity index (χ4v) is 5.28. The number of aromatic nitrogens is 2. The third-order valence-corrected chi connectivity index (χ3v) is 6.77. The van der Waals surface area contributed by atoms with Gasteiger partial charge >= 0.3 is 0 Å². The summed E-state index contributed by atoms with van der Waals surface area (Å²) in [6.07, 6.45) is 9.08. The van der Waals surface area contributed by atoms with Crippen molar-refractivity contribution in [3.63, 3.8) is 0 Å². The summed E-state index contributed by atoms with van der Waals surface area (Å²) in [5, 5.41) is 4.07. The molecule has 6 heteroatoms. The average Bonchev–Trinajstić information content (AvgIpc) is 2.94. The molecule has 152 valence electrons. The van der Waals surface area contributed by atoms with Gasteiger partial charge in [0.25, 0.3) is 5.91 Å². The van der Waals surface area contributed by atoms with Crippen molar-refractivity contribution in [3.05, 3.63) is 46.1 Å². The van der Waals surface area contributed by atoms with E-state index in [0.29, 0.717) is 5.88 Å². The molecule has 4 rings (SSSR count). The first-order chi connectivity index (χ1) is 14.2. The molecule has 1 aliphatic rings. The summed E-state index contributed by atoms with van der Waals surface area (Å²) < 4.78 is 5.91. The van der Waals surface area contributed by atoms with E-state index in [1.807, 2.05) is 6.07 Å². The van der Waals surface area contributed by atoms with Gasteiger partial charge in [-0.25, -0.2) is 9.97 Å². The summed E-state index contributed by atoms with van der Waals surface area (Å²) in [6.45, 7) is 4.14. The second kappa shape index (κ2) is 8.91. The molecule has 0 atom stereocenters. The zero-order valence-electron chi connectivity index (χ0n) is 17.1. The van der Waals surface area contributed by atoms with Crippen molar-refractivity contribution in [1.82, 2.24) is 9.97 Å². The minimum Gasteiger partial charge on any atom is -0.467 e. The molecule has 0 saturated carbocycles. The molecule has 1 amide bonds. The molecule has 0 bridgehead atoms. The Morgan fingerprint density at radius 3 is 2.62 bits per heavy atom. The van der Waals surface area contributed by atoms with E-state index in [0.717, 1.165) is 52.7 Å². The molecule has 2 heterocycles. The standard InChI is InChI=1S/C23H27N3O2S/c1-3-15-9-8-10-16(4-2)21(15)26-19(27)13-28-22-20-17-11-6-5-7-12-18(17)29-23(20)25-14-24-22/h8-10,14H,3-7,11-13H2,1-2H3,(H,26,27). The molecular formula is C23H27N3O2S. The number of aryl methyl sites for hydroxylation is 4. The van der Waals surface area contributed by atoms with E-state index in [1.165, 1.54) is 36.0 Å². The molecule has 0 fully saturated rings. The van der Waals surface area contributed by atoms with Gasteiger partial charge in [-0.3, -0.25) is 4.79 Å². The van der Waals surface area contributed by atoms with E-state index in [4.69, 9.17) is 4.74 Å². The Balaban J connectivity index is 1.53. The first kappa shape index (κ1) is 19.8. The second-order valence-electron chi connectivity index (χ2n) is 7.42. The van der Waals surface area contributed by atoms with Crippen LogP contribution in [0.4, 0.5) is 5.69 Å². The van der Waals surface area contributed by atoms with Gasteiger partial charge in [0.15, 0.2) is 6.61 Å². The van der Waals surface area contributed by atoms with Crippen LogP contribution in [0.5, 0.6) is 5.88 Å². The largest absolute Gasteiger partial charge is 0.467 e. The van der Waals surface area contributed by atoms with Crippen molar-refractivity contribution in [3.8, 4) is 5.88 Å². The van der Waals surface area contributed by atoms with Crippen LogP contribution in [-0.2, 0) is 30.5 Å². The molecule has 0 saturated heterocycles. The van der Waals surface area contributed by atoms with Crippen LogP contribution in [0.1, 0.15) is 54.7 Å². The monoisotopic (exact) mass is 409 g/mol. The number of para-hydroxylation sites is 1. The first-order valence-electron chi connectivity index (χ1n) is 10.5. The molecule has 29 heavy (non-hydrogen) atoms. The van der Waals surface area contributed by atoms with Crippen molar-refractivity contribution in [1.29, 1.82) is 0 Å². The van der Waals surface area contributed by atoms with Crippen molar-refractivity contribution in [2.75, 3.05) is 11.9 Å². The number of thiophene rings is 1. The summed E-state index contributed by atoms with van der Waals surface area (Å²) in [7, 11) is 0. The Labute approximate surface area is 175 Å². The molecule has 5 nitrogen and oxygen atoms in total. The molecule has 1 aliphatic carbocycles. The highest BCUT2D eigenvalue weighted by Crippen LogP contribution is 2.38. The Morgan fingerprint density at radius 2 is 1.86 bits per heavy atom. The lowest BCUT2D eigenvalue weighted by molar-refractivity contribution is -0.118. The van der Waals surface area contributed by atoms with Gasteiger partial charge in [0, 0.05) is 10.6 Å². The van der Waals surface area contributed by atoms with Crippen molar-refractivity contribution in [2.24, 2.45) is 0 Å². The quantitative estimate of drug-likeness (QED) is 0.575. The van der Waals surface area contributed by atoms with Crippen LogP contribution in [0, 0.1) is 0 Å². The van der Waals surface area contributed by atoms with Crippen molar-refractivity contribution in [2.45, 2.75) is 58.8 Å². The number of nitrogens with zero attached hydrogens (tertiary/aromatic N) is 2. The van der Waals surface area contributed by atoms with E-state index in [-0.39, 0.29) is 12.5 Å². The number of carbonyl (C=O) groups excluding carboxylic acids is 1. The lowest BCUT2D eigenvalue weighted by atomic mass is 10.0. The van der Waals surface area contributed by atoms with Crippen LogP contribution < -0.4 is 10.1 Å². The highest BCUT2D eigenvalue weighted by Gasteiger charge is 2.20. The maximum atomic E-state index is 12.7. The zero-order valence-corrected chi connectivity index (χ0v) is 17.9. The number of rotatable bonds is 6. The normalized spacial score (nSPS) is 13.7. The first-order valence-corrected chi connectivity index (χ1v) is 11.3. The number of hydrogen-bond acceptors (Lipinski definition) is 5. The minimum absolute atomic E-state index is 0.0576. The summed E-state index contributed by atoms with van der Waals surface area (Å²) in [4.78, 5) is 23.8. The molecule has 0 aliphatic heterocycles. The maximum absolute atomic E-state index is 12.7. The fourth-order valence-electron chi connectivity index (χ4n) is 4.06. The Morgan fingerprint density at radius 1 is 1.10 bits per heavy atom. The predicted octanol–water partition coefficient (Wildman–Crippen LogP) is 5.10. The fraction of sp³-hybridized carbons (Fsp3) is 0.435. The highest BCUT2D eigenvalue weighted by atomic mass is 32.1. The van der Waals surface area contributed by atoms with Gasteiger partial charge in [0.1, 0.15) is 11.2 Å². The van der Waals surface area contributed by atoms with Crippen molar-refractivity contribution < 1.29 is 9.53 Å². The van der Waals surface area contributed by atoms with Crippen LogP contribution in [0.3, 0.4) is 0 Å². The molecule has 3 aromatic rings. The maximum Gasteiger partial charge on any atom is 0.262 e. The van der Waals surface area contributed by atoms with Gasteiger partial charge < -0.3 is 10.1 Å². The number of carbonyl (C=O) groups is 1. The van der Waals surface area contributed by atoms with Crippen molar-refractivity contribution >= 4 is 33.1 Å². The van der Waals surface area contributed by atoms with Crippen LogP contribution in [0.15, 0.2) is 24.5 Å². The Bertz CT molecular complexity index is 1010. The number of nitrogens with one attached hydrogen (secondary N) is 1. The minimum atomic E-state index is -0.159. The predicted molar refractivity (Wildman–Crippen MR) is 118 cm³/mol. The van der Waals surface area contributed by atoms with Crippen LogP contribution in [0.25, 0.3) is 10.2 Å². The zero-order chi connectivity index (χ0) is 20.2. The van der Waals surface area contributed by atoms with Crippen LogP contribution in [0.2, 0.25) is 0 Å². The van der Waals surface area contributed by atoms with Crippen LogP contribution >= 0.6 is 11.3 Å². The number of hydrogen-bond donors (Lipinski definition) is 1. The van der Waals surface area contributed by atoms with E-state index in [1.54, 1.807) is 11.3 Å². The van der Waals surface area contributed by atoms with Crippen LogP contribution in [-0.4, -0.2) is 22.5 Å². The number of ether oxygens (including phenoxy) is 1. The summed E-state index contributed by atoms with van der Waals surface area (Å²) >= 11 is 1.74. The van der Waals surface area contributed by atoms with Gasteiger partial charge in [-0.2, -0.15) is 0 Å². The molecule has 0 radical (unpaired) electrons. The van der Waals surface area contributed by atoms with Gasteiger partial charge in [0.05, 0.1) is 5.39 Å². The smallest absolute Gasteiger partial charge is 0.262 e. The molecule has 0 unspecified atom stereocenters. The SMILES string of the molecule is CCc1cccc(CC)c1NC(=O)COc1ncnc2sc3c(c12)CCCCC3. The summed E-state index contributed by atoms with van der Waals surface area (Å²) in [6, 6.07) is 6.16. The third-order valence-electron chi connectivity index (χ3n) is 5.57. The summed E-state index contributed by atoms with van der Waals surface area (Å²) in [5.74, 6) is 0.373. The molecule has 1 aromatic carbocycles. The van der Waals surface area contributed by atoms with E-state index >= 15 is 0 Å².